The van der Waals surface area contributed by atoms with Crippen LogP contribution in [0.25, 0.3) is 0 Å². The molecule has 0 atom stereocenters. The third-order valence-electron chi connectivity index (χ3n) is 3.53. The van der Waals surface area contributed by atoms with Crippen molar-refractivity contribution in [2.24, 2.45) is 0 Å². The van der Waals surface area contributed by atoms with Crippen LogP contribution < -0.4 is 4.90 Å². The summed E-state index contributed by atoms with van der Waals surface area (Å²) in [6.07, 6.45) is -3.36. The molecule has 0 unspecified atom stereocenters. The summed E-state index contributed by atoms with van der Waals surface area (Å²) in [6.45, 7) is 5.88. The fourth-order valence-electron chi connectivity index (χ4n) is 2.59. The highest BCUT2D eigenvalue weighted by Gasteiger charge is 2.37. The van der Waals surface area contributed by atoms with E-state index in [2.05, 4.69) is 11.8 Å². The van der Waals surface area contributed by atoms with Crippen molar-refractivity contribution in [1.82, 2.24) is 4.90 Å². The van der Waals surface area contributed by atoms with Crippen LogP contribution in [0.3, 0.4) is 0 Å². The Hall–Kier alpha value is -0.940. The van der Waals surface area contributed by atoms with E-state index in [1.165, 1.54) is 12.1 Å². The highest BCUT2D eigenvalue weighted by atomic mass is 35.5. The van der Waals surface area contributed by atoms with Gasteiger partial charge in [0.15, 0.2) is 0 Å². The second kappa shape index (κ2) is 6.22. The second-order valence-electron chi connectivity index (χ2n) is 4.96. The van der Waals surface area contributed by atoms with Crippen LogP contribution >= 0.6 is 11.6 Å². The first-order valence-electron chi connectivity index (χ1n) is 6.76. The Balaban J connectivity index is 2.20. The summed E-state index contributed by atoms with van der Waals surface area (Å²) in [4.78, 5) is 4.05. The van der Waals surface area contributed by atoms with Crippen LogP contribution in [-0.4, -0.2) is 37.6 Å². The van der Waals surface area contributed by atoms with Gasteiger partial charge in [0.1, 0.15) is 0 Å². The third kappa shape index (κ3) is 3.38. The molecular weight excluding hydrogens is 289 g/mol. The van der Waals surface area contributed by atoms with Crippen molar-refractivity contribution in [3.05, 3.63) is 28.8 Å². The molecule has 112 valence electrons. The van der Waals surface area contributed by atoms with Crippen LogP contribution in [0, 0.1) is 0 Å². The van der Waals surface area contributed by atoms with E-state index in [1.807, 2.05) is 0 Å². The van der Waals surface area contributed by atoms with E-state index in [-0.39, 0.29) is 10.7 Å². The summed E-state index contributed by atoms with van der Waals surface area (Å²) < 4.78 is 39.4. The van der Waals surface area contributed by atoms with Gasteiger partial charge >= 0.3 is 6.18 Å². The van der Waals surface area contributed by atoms with Crippen molar-refractivity contribution in [1.29, 1.82) is 0 Å². The van der Waals surface area contributed by atoms with Gasteiger partial charge in [-0.3, -0.25) is 4.90 Å². The zero-order chi connectivity index (χ0) is 14.8. The predicted molar refractivity (Wildman–Crippen MR) is 75.4 cm³/mol. The number of hydrogen-bond donors (Lipinski definition) is 0. The number of rotatable bonds is 3. The molecule has 1 aromatic rings. The van der Waals surface area contributed by atoms with Crippen molar-refractivity contribution in [2.45, 2.75) is 19.5 Å². The minimum Gasteiger partial charge on any atom is -0.368 e. The Morgan fingerprint density at radius 1 is 1.15 bits per heavy atom. The summed E-state index contributed by atoms with van der Waals surface area (Å²) >= 11 is 5.75. The molecule has 0 radical (unpaired) electrons. The van der Waals surface area contributed by atoms with E-state index >= 15 is 0 Å². The Morgan fingerprint density at radius 3 is 2.35 bits per heavy atom. The molecule has 20 heavy (non-hydrogen) atoms. The van der Waals surface area contributed by atoms with Crippen LogP contribution in [0.1, 0.15) is 18.9 Å². The third-order valence-corrected chi connectivity index (χ3v) is 3.84. The zero-order valence-corrected chi connectivity index (χ0v) is 12.1. The fraction of sp³-hybridized carbons (Fsp3) is 0.571. The Bertz CT molecular complexity index is 454. The normalized spacial score (nSPS) is 17.6. The number of alkyl halides is 3. The standard InChI is InChI=1S/C14H18ClF3N2/c1-2-6-19-7-9-20(10-8-19)12-5-3-4-11(15)13(12)14(16,17)18/h3-5H,2,6-10H2,1H3. The van der Waals surface area contributed by atoms with Gasteiger partial charge < -0.3 is 4.90 Å². The van der Waals surface area contributed by atoms with Gasteiger partial charge in [0, 0.05) is 26.2 Å². The number of anilines is 1. The van der Waals surface area contributed by atoms with Gasteiger partial charge in [0.05, 0.1) is 16.3 Å². The predicted octanol–water partition coefficient (Wildman–Crippen LogP) is 3.89. The summed E-state index contributed by atoms with van der Waals surface area (Å²) in [5.74, 6) is 0. The quantitative estimate of drug-likeness (QED) is 0.836. The van der Waals surface area contributed by atoms with Gasteiger partial charge in [-0.05, 0) is 25.1 Å². The van der Waals surface area contributed by atoms with Gasteiger partial charge in [-0.2, -0.15) is 13.2 Å². The SMILES string of the molecule is CCCN1CCN(c2cccc(Cl)c2C(F)(F)F)CC1. The monoisotopic (exact) mass is 306 g/mol. The average Bonchev–Trinajstić information content (AvgIpc) is 2.38. The van der Waals surface area contributed by atoms with Gasteiger partial charge in [0.2, 0.25) is 0 Å². The van der Waals surface area contributed by atoms with E-state index in [9.17, 15) is 13.2 Å². The molecule has 6 heteroatoms. The van der Waals surface area contributed by atoms with E-state index in [1.54, 1.807) is 11.0 Å². The summed E-state index contributed by atoms with van der Waals surface area (Å²) in [7, 11) is 0. The number of halogens is 4. The highest BCUT2D eigenvalue weighted by Crippen LogP contribution is 2.41. The first kappa shape index (κ1) is 15.4. The Morgan fingerprint density at radius 2 is 1.80 bits per heavy atom. The molecule has 0 N–H and O–H groups in total. The molecule has 0 spiro atoms. The molecule has 0 bridgehead atoms. The lowest BCUT2D eigenvalue weighted by atomic mass is 10.1. The summed E-state index contributed by atoms with van der Waals surface area (Å²) in [5.41, 5.74) is -0.522. The minimum atomic E-state index is -4.42. The van der Waals surface area contributed by atoms with Gasteiger partial charge in [-0.15, -0.1) is 0 Å². The lowest BCUT2D eigenvalue weighted by molar-refractivity contribution is -0.137. The minimum absolute atomic E-state index is 0.196. The largest absolute Gasteiger partial charge is 0.419 e. The molecular formula is C14H18ClF3N2. The van der Waals surface area contributed by atoms with Crippen LogP contribution in [0.2, 0.25) is 5.02 Å². The van der Waals surface area contributed by atoms with Crippen molar-refractivity contribution >= 4 is 17.3 Å². The van der Waals surface area contributed by atoms with Crippen molar-refractivity contribution < 1.29 is 13.2 Å². The smallest absolute Gasteiger partial charge is 0.368 e. The first-order chi connectivity index (χ1) is 9.43. The summed E-state index contributed by atoms with van der Waals surface area (Å²) in [5, 5.41) is -0.231. The topological polar surface area (TPSA) is 6.48 Å². The zero-order valence-electron chi connectivity index (χ0n) is 11.4. The van der Waals surface area contributed by atoms with Crippen LogP contribution in [0.5, 0.6) is 0 Å². The number of nitrogens with zero attached hydrogens (tertiary/aromatic N) is 2. The summed E-state index contributed by atoms with van der Waals surface area (Å²) in [6, 6.07) is 4.37. The van der Waals surface area contributed by atoms with Gasteiger partial charge in [-0.1, -0.05) is 24.6 Å². The lowest BCUT2D eigenvalue weighted by Crippen LogP contribution is -2.47. The average molecular weight is 307 g/mol. The van der Waals surface area contributed by atoms with Crippen molar-refractivity contribution in [2.75, 3.05) is 37.6 Å². The maximum absolute atomic E-state index is 13.1. The maximum Gasteiger partial charge on any atom is 0.419 e. The molecule has 2 nitrogen and oxygen atoms in total. The Labute approximate surface area is 122 Å². The molecule has 1 aromatic carbocycles. The molecule has 1 fully saturated rings. The molecule has 0 aliphatic carbocycles. The second-order valence-corrected chi connectivity index (χ2v) is 5.37. The van der Waals surface area contributed by atoms with E-state index < -0.39 is 11.7 Å². The number of piperazine rings is 1. The molecule has 0 saturated carbocycles. The van der Waals surface area contributed by atoms with Gasteiger partial charge in [0.25, 0.3) is 0 Å². The molecule has 1 heterocycles. The van der Waals surface area contributed by atoms with E-state index in [0.29, 0.717) is 13.1 Å². The molecule has 2 rings (SSSR count). The van der Waals surface area contributed by atoms with Crippen molar-refractivity contribution in [3.63, 3.8) is 0 Å². The number of benzene rings is 1. The van der Waals surface area contributed by atoms with Crippen LogP contribution in [0.15, 0.2) is 18.2 Å². The number of hydrogen-bond acceptors (Lipinski definition) is 2. The first-order valence-corrected chi connectivity index (χ1v) is 7.14. The molecule has 0 aromatic heterocycles. The highest BCUT2D eigenvalue weighted by molar-refractivity contribution is 6.31. The maximum atomic E-state index is 13.1. The van der Waals surface area contributed by atoms with Crippen molar-refractivity contribution in [3.8, 4) is 0 Å². The molecule has 1 aliphatic rings. The molecule has 1 saturated heterocycles. The van der Waals surface area contributed by atoms with Crippen LogP contribution in [0.4, 0.5) is 18.9 Å². The van der Waals surface area contributed by atoms with E-state index in [0.717, 1.165) is 26.1 Å². The molecule has 0 amide bonds. The van der Waals surface area contributed by atoms with Crippen LogP contribution in [-0.2, 0) is 6.18 Å². The molecule has 1 aliphatic heterocycles. The van der Waals surface area contributed by atoms with E-state index in [4.69, 9.17) is 11.6 Å². The van der Waals surface area contributed by atoms with Gasteiger partial charge in [-0.25, -0.2) is 0 Å². The lowest BCUT2D eigenvalue weighted by Gasteiger charge is -2.37. The Kier molecular flexibility index (Phi) is 4.81. The fourth-order valence-corrected chi connectivity index (χ4v) is 2.86.